The number of benzene rings is 1. The predicted molar refractivity (Wildman–Crippen MR) is 79.2 cm³/mol. The molecule has 4 N–H and O–H groups in total. The first-order valence-corrected chi connectivity index (χ1v) is 7.13. The zero-order chi connectivity index (χ0) is 14.6. The van der Waals surface area contributed by atoms with Gasteiger partial charge < -0.3 is 21.1 Å². The molecule has 0 aliphatic carbocycles. The predicted octanol–water partition coefficient (Wildman–Crippen LogP) is 1.87. The number of amides is 2. The molecular formula is C13H17Cl2N3O2. The van der Waals surface area contributed by atoms with E-state index in [1.165, 1.54) is 0 Å². The van der Waals surface area contributed by atoms with Gasteiger partial charge in [-0.05, 0) is 30.7 Å². The van der Waals surface area contributed by atoms with Crippen molar-refractivity contribution < 1.29 is 9.53 Å². The van der Waals surface area contributed by atoms with Gasteiger partial charge in [0.2, 0.25) is 0 Å². The number of primary amides is 1. The lowest BCUT2D eigenvalue weighted by atomic mass is 9.90. The van der Waals surface area contributed by atoms with Crippen molar-refractivity contribution >= 4 is 29.2 Å². The van der Waals surface area contributed by atoms with Gasteiger partial charge >= 0.3 is 6.03 Å². The quantitative estimate of drug-likeness (QED) is 0.796. The topological polar surface area (TPSA) is 76.4 Å². The standard InChI is InChI=1S/C13H17Cl2N3O2/c14-10-2-1-9(7-11(10)15)13(8-18-12(16)19)3-4-17-5-6-20-13/h1-2,7,17H,3-6,8H2,(H3,16,18,19)/t13-/m0/s1. The molecular weight excluding hydrogens is 301 g/mol. The zero-order valence-electron chi connectivity index (χ0n) is 10.9. The Morgan fingerprint density at radius 1 is 1.40 bits per heavy atom. The van der Waals surface area contributed by atoms with Crippen LogP contribution in [0.15, 0.2) is 18.2 Å². The second kappa shape index (κ2) is 6.63. The maximum atomic E-state index is 11.0. The van der Waals surface area contributed by atoms with E-state index >= 15 is 0 Å². The first-order valence-electron chi connectivity index (χ1n) is 6.37. The highest BCUT2D eigenvalue weighted by Crippen LogP contribution is 2.34. The fourth-order valence-corrected chi connectivity index (χ4v) is 2.58. The number of rotatable bonds is 3. The largest absolute Gasteiger partial charge is 0.367 e. The lowest BCUT2D eigenvalue weighted by molar-refractivity contribution is -0.0396. The fourth-order valence-electron chi connectivity index (χ4n) is 2.28. The number of hydrogen-bond donors (Lipinski definition) is 3. The molecule has 110 valence electrons. The Kier molecular flexibility index (Phi) is 5.10. The Balaban J connectivity index is 2.32. The van der Waals surface area contributed by atoms with Gasteiger partial charge in [-0.25, -0.2) is 4.79 Å². The van der Waals surface area contributed by atoms with Crippen molar-refractivity contribution in [2.24, 2.45) is 5.73 Å². The number of carbonyl (C=O) groups is 1. The molecule has 1 aromatic rings. The molecule has 5 nitrogen and oxygen atoms in total. The molecule has 1 aliphatic rings. The van der Waals surface area contributed by atoms with E-state index in [0.717, 1.165) is 18.7 Å². The first kappa shape index (κ1) is 15.4. The van der Waals surface area contributed by atoms with Crippen molar-refractivity contribution in [1.82, 2.24) is 10.6 Å². The molecule has 1 aliphatic heterocycles. The first-order chi connectivity index (χ1) is 9.53. The van der Waals surface area contributed by atoms with Crippen molar-refractivity contribution in [3.8, 4) is 0 Å². The van der Waals surface area contributed by atoms with Gasteiger partial charge in [0.25, 0.3) is 0 Å². The smallest absolute Gasteiger partial charge is 0.312 e. The maximum absolute atomic E-state index is 11.0. The molecule has 1 aromatic carbocycles. The van der Waals surface area contributed by atoms with Gasteiger partial charge in [0.05, 0.1) is 23.2 Å². The summed E-state index contributed by atoms with van der Waals surface area (Å²) in [5.74, 6) is 0. The third-order valence-electron chi connectivity index (χ3n) is 3.36. The molecule has 0 radical (unpaired) electrons. The molecule has 1 saturated heterocycles. The highest BCUT2D eigenvalue weighted by molar-refractivity contribution is 6.42. The third kappa shape index (κ3) is 3.55. The number of nitrogens with one attached hydrogen (secondary N) is 2. The molecule has 1 atom stereocenters. The minimum Gasteiger partial charge on any atom is -0.367 e. The summed E-state index contributed by atoms with van der Waals surface area (Å²) in [6.07, 6.45) is 0.700. The van der Waals surface area contributed by atoms with Crippen LogP contribution in [-0.4, -0.2) is 32.3 Å². The van der Waals surface area contributed by atoms with E-state index in [1.807, 2.05) is 6.07 Å². The van der Waals surface area contributed by atoms with E-state index in [4.69, 9.17) is 33.7 Å². The lowest BCUT2D eigenvalue weighted by Gasteiger charge is -2.33. The van der Waals surface area contributed by atoms with Gasteiger partial charge in [-0.15, -0.1) is 0 Å². The van der Waals surface area contributed by atoms with Crippen molar-refractivity contribution in [2.45, 2.75) is 12.0 Å². The average molecular weight is 318 g/mol. The second-order valence-corrected chi connectivity index (χ2v) is 5.50. The Bertz CT molecular complexity index is 489. The van der Waals surface area contributed by atoms with E-state index < -0.39 is 11.6 Å². The average Bonchev–Trinajstić information content (AvgIpc) is 2.66. The van der Waals surface area contributed by atoms with Crippen LogP contribution in [0.4, 0.5) is 4.79 Å². The summed E-state index contributed by atoms with van der Waals surface area (Å²) in [4.78, 5) is 11.0. The van der Waals surface area contributed by atoms with E-state index in [0.29, 0.717) is 29.6 Å². The number of urea groups is 1. The molecule has 0 saturated carbocycles. The molecule has 0 unspecified atom stereocenters. The van der Waals surface area contributed by atoms with Crippen LogP contribution in [-0.2, 0) is 10.3 Å². The summed E-state index contributed by atoms with van der Waals surface area (Å²) < 4.78 is 5.99. The van der Waals surface area contributed by atoms with E-state index in [-0.39, 0.29) is 0 Å². The van der Waals surface area contributed by atoms with Crippen LogP contribution in [0.25, 0.3) is 0 Å². The number of ether oxygens (including phenoxy) is 1. The Morgan fingerprint density at radius 3 is 2.90 bits per heavy atom. The van der Waals surface area contributed by atoms with Gasteiger partial charge in [0.15, 0.2) is 0 Å². The molecule has 0 bridgehead atoms. The number of nitrogens with two attached hydrogens (primary N) is 1. The van der Waals surface area contributed by atoms with Crippen LogP contribution in [0.5, 0.6) is 0 Å². The molecule has 1 fully saturated rings. The number of carbonyl (C=O) groups excluding carboxylic acids is 1. The summed E-state index contributed by atoms with van der Waals surface area (Å²) in [5, 5.41) is 6.83. The molecule has 20 heavy (non-hydrogen) atoms. The maximum Gasteiger partial charge on any atom is 0.312 e. The van der Waals surface area contributed by atoms with Gasteiger partial charge in [0.1, 0.15) is 5.60 Å². The molecule has 2 rings (SSSR count). The third-order valence-corrected chi connectivity index (χ3v) is 4.10. The monoisotopic (exact) mass is 317 g/mol. The van der Waals surface area contributed by atoms with E-state index in [9.17, 15) is 4.79 Å². The Morgan fingerprint density at radius 2 is 2.20 bits per heavy atom. The molecule has 0 spiro atoms. The van der Waals surface area contributed by atoms with Crippen molar-refractivity contribution in [3.63, 3.8) is 0 Å². The summed E-state index contributed by atoms with van der Waals surface area (Å²) in [5.41, 5.74) is 5.40. The molecule has 0 aromatic heterocycles. The second-order valence-electron chi connectivity index (χ2n) is 4.69. The summed E-state index contributed by atoms with van der Waals surface area (Å²) >= 11 is 12.0. The molecule has 2 amide bonds. The number of hydrogen-bond acceptors (Lipinski definition) is 3. The Labute approximate surface area is 127 Å². The van der Waals surface area contributed by atoms with Crippen LogP contribution >= 0.6 is 23.2 Å². The Hall–Kier alpha value is -1.01. The van der Waals surface area contributed by atoms with Gasteiger partial charge in [-0.1, -0.05) is 29.3 Å². The highest BCUT2D eigenvalue weighted by Gasteiger charge is 2.35. The minimum atomic E-state index is -0.646. The summed E-state index contributed by atoms with van der Waals surface area (Å²) in [6.45, 7) is 2.38. The van der Waals surface area contributed by atoms with Crippen LogP contribution in [0.2, 0.25) is 10.0 Å². The van der Waals surface area contributed by atoms with Crippen LogP contribution in [0.1, 0.15) is 12.0 Å². The van der Waals surface area contributed by atoms with Crippen LogP contribution in [0.3, 0.4) is 0 Å². The van der Waals surface area contributed by atoms with Crippen molar-refractivity contribution in [1.29, 1.82) is 0 Å². The van der Waals surface area contributed by atoms with Gasteiger partial charge in [-0.2, -0.15) is 0 Å². The van der Waals surface area contributed by atoms with Gasteiger partial charge in [0, 0.05) is 6.54 Å². The highest BCUT2D eigenvalue weighted by atomic mass is 35.5. The van der Waals surface area contributed by atoms with E-state index in [2.05, 4.69) is 10.6 Å². The molecule has 1 heterocycles. The summed E-state index contributed by atoms with van der Waals surface area (Å²) in [6, 6.07) is 4.79. The van der Waals surface area contributed by atoms with Crippen molar-refractivity contribution in [2.75, 3.05) is 26.2 Å². The SMILES string of the molecule is NC(=O)NC[C@]1(c2ccc(Cl)c(Cl)c2)CCNCCO1. The fraction of sp³-hybridized carbons (Fsp3) is 0.462. The van der Waals surface area contributed by atoms with Crippen molar-refractivity contribution in [3.05, 3.63) is 33.8 Å². The minimum absolute atomic E-state index is 0.294. The van der Waals surface area contributed by atoms with Crippen LogP contribution < -0.4 is 16.4 Å². The normalized spacial score (nSPS) is 23.1. The summed E-state index contributed by atoms with van der Waals surface area (Å²) in [7, 11) is 0. The zero-order valence-corrected chi connectivity index (χ0v) is 12.4. The van der Waals surface area contributed by atoms with Crippen LogP contribution in [0, 0.1) is 0 Å². The van der Waals surface area contributed by atoms with E-state index in [1.54, 1.807) is 12.1 Å². The number of halogens is 2. The lowest BCUT2D eigenvalue weighted by Crippen LogP contribution is -2.45. The molecule has 7 heteroatoms. The van der Waals surface area contributed by atoms with Gasteiger partial charge in [-0.3, -0.25) is 0 Å².